The van der Waals surface area contributed by atoms with Crippen LogP contribution in [0.2, 0.25) is 0 Å². The van der Waals surface area contributed by atoms with E-state index in [-0.39, 0.29) is 103 Å². The Bertz CT molecular complexity index is 2660. The maximum absolute atomic E-state index is 12.1. The maximum Gasteiger partial charge on any atom is 0.335 e. The number of hydrogen-bond acceptors (Lipinski definition) is 32. The van der Waals surface area contributed by atoms with Crippen LogP contribution < -0.4 is 17.2 Å². The second-order valence-electron chi connectivity index (χ2n) is 23.8. The second kappa shape index (κ2) is 68.7. The standard InChI is InChI=1S/C16H29N3O5S2.C15H28N4O5S2.C11H16N4O6.C8H17NO2S2.C8H11NS2.C5H11NO2S/c1-4-11-25-26-16(2,3)14(15(21)22)12-13(20)5-7-23-9-10-24-8-6-18-19-17;1-15(2,26-25-10-4-16)13(14(21)22)11-12(20)3-6-23-8-9-24-7-5-18-19-17;12-14-13-4-6-20-8-7-19-5-3-11(18)21-15-9(16)1-2-10(15)17;1-4-5-12-13-8(2,3)6(9)7(10)11;1-2-7-10-11-8-5-3-4-6-9-8;1-5(2,9)3(6)4(7)8/h14H,4-12H2,1-3H3,(H,21,22);13H,3-11,16H2,1-2H3,(H,21,22);1-8H2;6H,4-5,9H2,1-3H3,(H,10,11);3-6H,2,7H2,1H3;3,9H,6H2,1-2H3,(H,7,8)/t14-;13-;;6-;;3-/m11.1.1/s1. The highest BCUT2D eigenvalue weighted by molar-refractivity contribution is 8.78. The first-order valence-corrected chi connectivity index (χ1v) is 43.3. The van der Waals surface area contributed by atoms with Crippen molar-refractivity contribution in [2.45, 2.75) is 176 Å². The number of pyridine rings is 1. The number of carbonyl (C=O) groups excluding carboxylic acids is 5. The van der Waals surface area contributed by atoms with Gasteiger partial charge in [-0.15, -0.1) is 5.06 Å². The molecule has 608 valence electrons. The molecular formula is C63H112N14O20S9. The lowest BCUT2D eigenvalue weighted by Crippen LogP contribution is -2.46. The molecule has 2 amide bonds. The molecule has 0 radical (unpaired) electrons. The van der Waals surface area contributed by atoms with Gasteiger partial charge in [0.15, 0.2) is 0 Å². The molecule has 106 heavy (non-hydrogen) atoms. The highest BCUT2D eigenvalue weighted by Crippen LogP contribution is 2.44. The van der Waals surface area contributed by atoms with E-state index in [4.69, 9.17) is 72.4 Å². The predicted molar refractivity (Wildman–Crippen MR) is 429 cm³/mol. The quantitative estimate of drug-likeness (QED) is 0.00571. The van der Waals surface area contributed by atoms with Crippen LogP contribution in [-0.2, 0) is 76.4 Å². The van der Waals surface area contributed by atoms with Crippen LogP contribution in [0.1, 0.15) is 140 Å². The van der Waals surface area contributed by atoms with Crippen LogP contribution in [0.25, 0.3) is 31.3 Å². The van der Waals surface area contributed by atoms with E-state index < -0.39 is 84.6 Å². The number of nitrogens with zero attached hydrogens (tertiary/aromatic N) is 11. The molecule has 1 aromatic heterocycles. The Hall–Kier alpha value is -4.30. The molecule has 0 aromatic carbocycles. The number of hydrogen-bond donors (Lipinski definition) is 8. The number of aliphatic carboxylic acids is 4. The molecule has 0 bridgehead atoms. The average molecular weight is 1670 g/mol. The van der Waals surface area contributed by atoms with Gasteiger partial charge in [-0.1, -0.05) is 118 Å². The van der Waals surface area contributed by atoms with Crippen LogP contribution in [-0.4, -0.2) is 243 Å². The topological polar surface area (TPSA) is 540 Å². The summed E-state index contributed by atoms with van der Waals surface area (Å²) >= 11 is 3.98. The molecule has 1 saturated heterocycles. The van der Waals surface area contributed by atoms with Gasteiger partial charge in [0.25, 0.3) is 11.8 Å². The van der Waals surface area contributed by atoms with Crippen molar-refractivity contribution in [3.05, 3.63) is 55.7 Å². The Kier molecular flexibility index (Phi) is 70.0. The van der Waals surface area contributed by atoms with E-state index in [1.165, 1.54) is 44.6 Å². The van der Waals surface area contributed by atoms with Crippen LogP contribution in [0.3, 0.4) is 0 Å². The summed E-state index contributed by atoms with van der Waals surface area (Å²) in [5.74, 6) is -3.45. The lowest BCUT2D eigenvalue weighted by molar-refractivity contribution is -0.198. The summed E-state index contributed by atoms with van der Waals surface area (Å²) in [6, 6.07) is 4.28. The first-order valence-electron chi connectivity index (χ1n) is 33.6. The van der Waals surface area contributed by atoms with E-state index in [9.17, 15) is 53.4 Å². The minimum atomic E-state index is -1.02. The van der Waals surface area contributed by atoms with Crippen molar-refractivity contribution < 1.29 is 96.8 Å². The van der Waals surface area contributed by atoms with Crippen LogP contribution in [0.5, 0.6) is 0 Å². The van der Waals surface area contributed by atoms with Crippen molar-refractivity contribution in [2.75, 3.05) is 128 Å². The molecule has 43 heteroatoms. The number of nitrogens with two attached hydrogens (primary N) is 3. The molecule has 1 aliphatic rings. The molecule has 1 fully saturated rings. The maximum atomic E-state index is 12.1. The van der Waals surface area contributed by atoms with Crippen LogP contribution >= 0.6 is 99.0 Å². The molecular weight excluding hydrogens is 1560 g/mol. The Balaban J connectivity index is -0.000000612. The smallest absolute Gasteiger partial charge is 0.335 e. The van der Waals surface area contributed by atoms with Gasteiger partial charge in [0.05, 0.1) is 97.5 Å². The minimum absolute atomic E-state index is 0.00798. The Labute approximate surface area is 659 Å². The molecule has 0 unspecified atom stereocenters. The number of ketones is 2. The molecule has 34 nitrogen and oxygen atoms in total. The number of carboxylic acid groups (broad SMARTS) is 4. The number of ether oxygens (including phenoxy) is 6. The van der Waals surface area contributed by atoms with Gasteiger partial charge in [-0.25, -0.2) is 9.78 Å². The summed E-state index contributed by atoms with van der Waals surface area (Å²) in [7, 11) is 13.0. The predicted octanol–water partition coefficient (Wildman–Crippen LogP) is 12.1. The van der Waals surface area contributed by atoms with Crippen LogP contribution in [0, 0.1) is 11.8 Å². The zero-order valence-electron chi connectivity index (χ0n) is 62.5. The number of carboxylic acids is 4. The number of rotatable bonds is 56. The Morgan fingerprint density at radius 2 is 0.896 bits per heavy atom. The van der Waals surface area contributed by atoms with E-state index in [1.54, 1.807) is 57.0 Å². The van der Waals surface area contributed by atoms with Gasteiger partial charge in [-0.3, -0.25) is 38.4 Å². The second-order valence-corrected chi connectivity index (χ2v) is 36.6. The number of thiol groups is 1. The molecule has 0 saturated carbocycles. The van der Waals surface area contributed by atoms with Crippen molar-refractivity contribution in [2.24, 2.45) is 44.4 Å². The Morgan fingerprint density at radius 1 is 0.538 bits per heavy atom. The summed E-state index contributed by atoms with van der Waals surface area (Å²) in [4.78, 5) is 119. The third-order valence-corrected chi connectivity index (χ3v) is 26.1. The zero-order chi connectivity index (χ0) is 81.3. The number of azide groups is 3. The average Bonchev–Trinajstić information content (AvgIpc) is 1.14. The first-order chi connectivity index (χ1) is 50.0. The van der Waals surface area contributed by atoms with Crippen molar-refractivity contribution >= 4 is 152 Å². The monoisotopic (exact) mass is 1670 g/mol. The van der Waals surface area contributed by atoms with E-state index in [0.29, 0.717) is 64.5 Å². The number of imide groups is 1. The third-order valence-electron chi connectivity index (χ3n) is 12.9. The molecule has 0 aliphatic carbocycles. The summed E-state index contributed by atoms with van der Waals surface area (Å²) < 4.78 is 29.0. The number of aromatic nitrogens is 1. The zero-order valence-corrected chi connectivity index (χ0v) is 69.9. The van der Waals surface area contributed by atoms with Gasteiger partial charge < -0.3 is 70.9 Å². The van der Waals surface area contributed by atoms with Gasteiger partial charge in [-0.05, 0) is 114 Å². The SMILES string of the molecule is CC(C)(S)[C@H](N)C(=O)O.CC(C)(SSCCN)[C@H](CC(=O)CCOCCOCCN=[N+]=[N-])C(=O)O.CCCSSC(C)(C)[C@H](CC(=O)CCOCCOCCN=[N+]=[N-])C(=O)O.CCCSSC(C)(C)[C@H](N)C(=O)O.CCCSSc1ccccn1.[N-]=[N+]=NCCOCCOCCC(=O)ON1C(=O)CCC1=O. The van der Waals surface area contributed by atoms with Crippen molar-refractivity contribution in [3.63, 3.8) is 0 Å². The summed E-state index contributed by atoms with van der Waals surface area (Å²) in [5, 5.41) is 47.6. The third kappa shape index (κ3) is 62.5. The highest BCUT2D eigenvalue weighted by atomic mass is 33.1. The van der Waals surface area contributed by atoms with Crippen LogP contribution in [0.15, 0.2) is 44.8 Å². The van der Waals surface area contributed by atoms with E-state index >= 15 is 0 Å². The summed E-state index contributed by atoms with van der Waals surface area (Å²) in [5.41, 5.74) is 40.4. The van der Waals surface area contributed by atoms with E-state index in [0.717, 1.165) is 35.1 Å². The highest BCUT2D eigenvalue weighted by Gasteiger charge is 2.39. The fourth-order valence-electron chi connectivity index (χ4n) is 6.81. The number of Topliss-reactive ketones (excluding diaryl/α,β-unsaturated/α-hetero) is 2. The summed E-state index contributed by atoms with van der Waals surface area (Å²) in [6.07, 6.45) is 5.57. The van der Waals surface area contributed by atoms with Gasteiger partial charge in [0.2, 0.25) is 0 Å². The molecule has 1 aliphatic heterocycles. The fraction of sp³-hybridized carbons (Fsp3) is 0.778. The first kappa shape index (κ1) is 108. The Morgan fingerprint density at radius 3 is 1.22 bits per heavy atom. The van der Waals surface area contributed by atoms with E-state index in [2.05, 4.69) is 73.3 Å². The molecule has 10 N–H and O–H groups in total. The molecule has 2 rings (SSSR count). The van der Waals surface area contributed by atoms with Gasteiger partial charge in [-0.2, -0.15) is 12.6 Å². The molecule has 2 heterocycles. The van der Waals surface area contributed by atoms with E-state index in [1.807, 2.05) is 76.7 Å². The van der Waals surface area contributed by atoms with Gasteiger partial charge >= 0.3 is 29.8 Å². The van der Waals surface area contributed by atoms with Gasteiger partial charge in [0, 0.05) is 128 Å². The van der Waals surface area contributed by atoms with Gasteiger partial charge in [0.1, 0.15) is 28.7 Å². The lowest BCUT2D eigenvalue weighted by atomic mass is 9.89. The number of amides is 2. The normalized spacial score (nSPS) is 13.0. The summed E-state index contributed by atoms with van der Waals surface area (Å²) in [6.45, 7) is 25.5. The molecule has 1 aromatic rings. The number of carbonyl (C=O) groups is 9. The molecule has 0 spiro atoms. The number of hydroxylamine groups is 2. The molecule has 4 atom stereocenters. The fourth-order valence-corrected chi connectivity index (χ4v) is 17.1. The largest absolute Gasteiger partial charge is 0.481 e. The lowest BCUT2D eigenvalue weighted by Gasteiger charge is -2.29. The minimum Gasteiger partial charge on any atom is -0.481 e. The van der Waals surface area contributed by atoms with Crippen molar-refractivity contribution in [1.29, 1.82) is 0 Å². The van der Waals surface area contributed by atoms with Crippen LogP contribution in [0.4, 0.5) is 0 Å². The van der Waals surface area contributed by atoms with Crippen molar-refractivity contribution in [3.8, 4) is 0 Å². The van der Waals surface area contributed by atoms with Crippen molar-refractivity contribution in [1.82, 2.24) is 10.0 Å².